The highest BCUT2D eigenvalue weighted by Gasteiger charge is 2.13. The second kappa shape index (κ2) is 6.53. The van der Waals surface area contributed by atoms with Crippen LogP contribution in [0.2, 0.25) is 5.02 Å². The lowest BCUT2D eigenvalue weighted by molar-refractivity contribution is 0.0600. The van der Waals surface area contributed by atoms with Gasteiger partial charge in [0.1, 0.15) is 5.82 Å². The van der Waals surface area contributed by atoms with E-state index in [4.69, 9.17) is 11.6 Å². The van der Waals surface area contributed by atoms with Crippen LogP contribution in [0.15, 0.2) is 30.6 Å². The fraction of sp³-hybridized carbons (Fsp3) is 0.231. The zero-order chi connectivity index (χ0) is 15.4. The zero-order valence-corrected chi connectivity index (χ0v) is 11.8. The molecule has 0 aliphatic rings. The second-order valence-corrected chi connectivity index (χ2v) is 4.48. The van der Waals surface area contributed by atoms with E-state index < -0.39 is 12.5 Å². The van der Waals surface area contributed by atoms with E-state index in [2.05, 4.69) is 15.0 Å². The summed E-state index contributed by atoms with van der Waals surface area (Å²) in [5, 5.41) is 3.13. The molecular formula is C13H12ClF2N3O2. The maximum absolute atomic E-state index is 12.7. The molecule has 1 aromatic carbocycles. The molecule has 21 heavy (non-hydrogen) atoms. The van der Waals surface area contributed by atoms with E-state index in [1.54, 1.807) is 6.07 Å². The zero-order valence-electron chi connectivity index (χ0n) is 11.0. The standard InChI is InChI=1S/C13H12ClF2N3O2/c1-21-12(20)9-3-2-8(6-10(9)14)18-7-11-17-4-5-19(11)13(15)16/h2-6,13,18H,7H2,1H3. The predicted molar refractivity (Wildman–Crippen MR) is 73.6 cm³/mol. The molecule has 0 atom stereocenters. The molecule has 112 valence electrons. The third-order valence-corrected chi connectivity index (χ3v) is 3.10. The Hall–Kier alpha value is -2.15. The molecule has 0 spiro atoms. The average molecular weight is 316 g/mol. The summed E-state index contributed by atoms with van der Waals surface area (Å²) < 4.78 is 30.6. The van der Waals surface area contributed by atoms with Crippen LogP contribution in [0.25, 0.3) is 0 Å². The van der Waals surface area contributed by atoms with Crippen LogP contribution < -0.4 is 5.32 Å². The Balaban J connectivity index is 2.09. The molecule has 8 heteroatoms. The quantitative estimate of drug-likeness (QED) is 0.860. The van der Waals surface area contributed by atoms with Crippen LogP contribution in [0.5, 0.6) is 0 Å². The van der Waals surface area contributed by atoms with Crippen molar-refractivity contribution in [3.63, 3.8) is 0 Å². The minimum absolute atomic E-state index is 0.102. The molecule has 0 fully saturated rings. The van der Waals surface area contributed by atoms with Crippen LogP contribution in [0.4, 0.5) is 14.5 Å². The van der Waals surface area contributed by atoms with Gasteiger partial charge in [0, 0.05) is 18.1 Å². The van der Waals surface area contributed by atoms with Crippen molar-refractivity contribution in [3.8, 4) is 0 Å². The van der Waals surface area contributed by atoms with Crippen LogP contribution in [0.1, 0.15) is 22.7 Å². The molecule has 0 radical (unpaired) electrons. The number of halogens is 3. The van der Waals surface area contributed by atoms with Crippen LogP contribution in [-0.2, 0) is 11.3 Å². The SMILES string of the molecule is COC(=O)c1ccc(NCc2nccn2C(F)F)cc1Cl. The summed E-state index contributed by atoms with van der Waals surface area (Å²) in [6.45, 7) is -2.54. The van der Waals surface area contributed by atoms with Gasteiger partial charge in [-0.2, -0.15) is 8.78 Å². The van der Waals surface area contributed by atoms with Gasteiger partial charge in [0.2, 0.25) is 0 Å². The molecule has 1 N–H and O–H groups in total. The fourth-order valence-electron chi connectivity index (χ4n) is 1.74. The Labute approximate surface area is 124 Å². The molecule has 5 nitrogen and oxygen atoms in total. The van der Waals surface area contributed by atoms with E-state index >= 15 is 0 Å². The predicted octanol–water partition coefficient (Wildman–Crippen LogP) is 3.33. The highest BCUT2D eigenvalue weighted by atomic mass is 35.5. The lowest BCUT2D eigenvalue weighted by Crippen LogP contribution is -2.09. The van der Waals surface area contributed by atoms with Crippen LogP contribution >= 0.6 is 11.6 Å². The largest absolute Gasteiger partial charge is 0.465 e. The van der Waals surface area contributed by atoms with Crippen molar-refractivity contribution in [1.82, 2.24) is 9.55 Å². The van der Waals surface area contributed by atoms with Crippen molar-refractivity contribution >= 4 is 23.3 Å². The Morgan fingerprint density at radius 3 is 2.90 bits per heavy atom. The summed E-state index contributed by atoms with van der Waals surface area (Å²) in [4.78, 5) is 15.2. The molecule has 2 rings (SSSR count). The molecule has 0 aliphatic heterocycles. The third-order valence-electron chi connectivity index (χ3n) is 2.78. The molecule has 0 saturated heterocycles. The number of nitrogens with zero attached hydrogens (tertiary/aromatic N) is 2. The number of hydrogen-bond acceptors (Lipinski definition) is 4. The molecule has 1 aromatic heterocycles. The van der Waals surface area contributed by atoms with Gasteiger partial charge in [0.15, 0.2) is 0 Å². The van der Waals surface area contributed by atoms with Crippen LogP contribution in [0.3, 0.4) is 0 Å². The number of methoxy groups -OCH3 is 1. The van der Waals surface area contributed by atoms with Gasteiger partial charge in [-0.25, -0.2) is 9.78 Å². The number of esters is 1. The number of imidazole rings is 1. The van der Waals surface area contributed by atoms with E-state index in [0.717, 1.165) is 4.57 Å². The first kappa shape index (κ1) is 15.2. The van der Waals surface area contributed by atoms with Crippen molar-refractivity contribution in [1.29, 1.82) is 0 Å². The lowest BCUT2D eigenvalue weighted by Gasteiger charge is -2.10. The fourth-order valence-corrected chi connectivity index (χ4v) is 2.00. The van der Waals surface area contributed by atoms with Crippen molar-refractivity contribution in [2.75, 3.05) is 12.4 Å². The number of alkyl halides is 2. The first-order chi connectivity index (χ1) is 10.0. The molecule has 2 aromatic rings. The van der Waals surface area contributed by atoms with Gasteiger partial charge in [-0.15, -0.1) is 0 Å². The summed E-state index contributed by atoms with van der Waals surface area (Å²) in [6.07, 6.45) is 2.51. The first-order valence-corrected chi connectivity index (χ1v) is 6.32. The Kier molecular flexibility index (Phi) is 4.74. The van der Waals surface area contributed by atoms with E-state index in [0.29, 0.717) is 5.69 Å². The molecular weight excluding hydrogens is 304 g/mol. The highest BCUT2D eigenvalue weighted by molar-refractivity contribution is 6.33. The minimum atomic E-state index is -2.64. The number of ether oxygens (including phenoxy) is 1. The molecule has 0 unspecified atom stereocenters. The average Bonchev–Trinajstić information content (AvgIpc) is 2.93. The van der Waals surface area contributed by atoms with E-state index in [-0.39, 0.29) is 23.0 Å². The summed E-state index contributed by atoms with van der Waals surface area (Å²) >= 11 is 5.96. The van der Waals surface area contributed by atoms with E-state index in [9.17, 15) is 13.6 Å². The van der Waals surface area contributed by atoms with Crippen molar-refractivity contribution < 1.29 is 18.3 Å². The molecule has 1 heterocycles. The number of benzene rings is 1. The van der Waals surface area contributed by atoms with Crippen LogP contribution in [-0.4, -0.2) is 22.6 Å². The van der Waals surface area contributed by atoms with Crippen LogP contribution in [0, 0.1) is 0 Å². The number of hydrogen-bond donors (Lipinski definition) is 1. The summed E-state index contributed by atoms with van der Waals surface area (Å²) in [5.74, 6) is -0.349. The summed E-state index contributed by atoms with van der Waals surface area (Å²) in [7, 11) is 1.26. The smallest absolute Gasteiger partial charge is 0.339 e. The van der Waals surface area contributed by atoms with E-state index in [1.807, 2.05) is 0 Å². The summed E-state index contributed by atoms with van der Waals surface area (Å²) in [6, 6.07) is 4.62. The highest BCUT2D eigenvalue weighted by Crippen LogP contribution is 2.22. The normalized spacial score (nSPS) is 10.7. The number of carbonyl (C=O) groups is 1. The number of aromatic nitrogens is 2. The molecule has 0 amide bonds. The van der Waals surface area contributed by atoms with Gasteiger partial charge < -0.3 is 10.1 Å². The Bertz CT molecular complexity index is 646. The maximum Gasteiger partial charge on any atom is 0.339 e. The van der Waals surface area contributed by atoms with Gasteiger partial charge in [0.05, 0.1) is 24.2 Å². The second-order valence-electron chi connectivity index (χ2n) is 4.07. The lowest BCUT2D eigenvalue weighted by atomic mass is 10.2. The maximum atomic E-state index is 12.7. The number of nitrogens with one attached hydrogen (secondary N) is 1. The molecule has 0 aliphatic carbocycles. The summed E-state index contributed by atoms with van der Waals surface area (Å²) in [5.41, 5.74) is 0.815. The van der Waals surface area contributed by atoms with Gasteiger partial charge in [-0.3, -0.25) is 4.57 Å². The minimum Gasteiger partial charge on any atom is -0.465 e. The van der Waals surface area contributed by atoms with Gasteiger partial charge in [0.25, 0.3) is 0 Å². The van der Waals surface area contributed by atoms with Crippen molar-refractivity contribution in [2.24, 2.45) is 0 Å². The van der Waals surface area contributed by atoms with Gasteiger partial charge >= 0.3 is 12.5 Å². The van der Waals surface area contributed by atoms with Crippen molar-refractivity contribution in [3.05, 3.63) is 47.0 Å². The van der Waals surface area contributed by atoms with Gasteiger partial charge in [-0.1, -0.05) is 11.6 Å². The van der Waals surface area contributed by atoms with E-state index in [1.165, 1.54) is 31.6 Å². The number of anilines is 1. The first-order valence-electron chi connectivity index (χ1n) is 5.94. The molecule has 0 bridgehead atoms. The monoisotopic (exact) mass is 315 g/mol. The third kappa shape index (κ3) is 3.49. The number of carbonyl (C=O) groups excluding carboxylic acids is 1. The molecule has 0 saturated carbocycles. The van der Waals surface area contributed by atoms with Gasteiger partial charge in [-0.05, 0) is 18.2 Å². The Morgan fingerprint density at radius 1 is 1.52 bits per heavy atom. The number of rotatable bonds is 5. The topological polar surface area (TPSA) is 56.1 Å². The Morgan fingerprint density at radius 2 is 2.29 bits per heavy atom. The van der Waals surface area contributed by atoms with Crippen molar-refractivity contribution in [2.45, 2.75) is 13.1 Å².